The van der Waals surface area contributed by atoms with Crippen molar-refractivity contribution in [3.63, 3.8) is 0 Å². The number of pyridine rings is 1. The topological polar surface area (TPSA) is 108 Å². The van der Waals surface area contributed by atoms with E-state index in [4.69, 9.17) is 16.9 Å². The summed E-state index contributed by atoms with van der Waals surface area (Å²) in [6.45, 7) is 0. The van der Waals surface area contributed by atoms with E-state index in [9.17, 15) is 0 Å². The Hall–Kier alpha value is -3.18. The summed E-state index contributed by atoms with van der Waals surface area (Å²) >= 11 is 6.24. The lowest BCUT2D eigenvalue weighted by Crippen LogP contribution is -2.17. The number of rotatable bonds is 3. The molecule has 0 radical (unpaired) electrons. The number of nitrogens with one attached hydrogen (secondary N) is 2. The molecule has 0 unspecified atom stereocenters. The van der Waals surface area contributed by atoms with E-state index in [1.807, 2.05) is 18.3 Å². The fraction of sp³-hybridized carbons (Fsp3) is 0.278. The molecule has 1 aliphatic rings. The third kappa shape index (κ3) is 2.67. The van der Waals surface area contributed by atoms with E-state index >= 15 is 0 Å². The Bertz CT molecular complexity index is 1190. The van der Waals surface area contributed by atoms with Gasteiger partial charge in [0, 0.05) is 24.4 Å². The second kappa shape index (κ2) is 6.21. The van der Waals surface area contributed by atoms with Crippen LogP contribution in [-0.4, -0.2) is 35.6 Å². The highest BCUT2D eigenvalue weighted by atomic mass is 35.5. The van der Waals surface area contributed by atoms with Crippen LogP contribution in [0.3, 0.4) is 0 Å². The number of anilines is 1. The number of H-pyrrole nitrogens is 1. The molecule has 4 aromatic rings. The first-order chi connectivity index (χ1) is 13.2. The Morgan fingerprint density at radius 1 is 1.26 bits per heavy atom. The van der Waals surface area contributed by atoms with Crippen molar-refractivity contribution < 1.29 is 0 Å². The Morgan fingerprint density at radius 2 is 2.19 bits per heavy atom. The molecule has 2 N–H and O–H groups in total. The number of hydrogen-bond donors (Lipinski definition) is 2. The highest BCUT2D eigenvalue weighted by Gasteiger charge is 2.30. The Labute approximate surface area is 159 Å². The number of nitrogens with zero attached hydrogens (tertiary/aromatic N) is 6. The van der Waals surface area contributed by atoms with Gasteiger partial charge in [-0.15, -0.1) is 10.2 Å². The molecule has 134 valence electrons. The van der Waals surface area contributed by atoms with E-state index in [1.165, 1.54) is 6.20 Å². The molecule has 0 aliphatic heterocycles. The molecule has 0 amide bonds. The SMILES string of the molecule is N#Cc1cnc(N[C@H]2CC[C@@H](c3nnc4cnc5[nH]ccc5n34)C2)c(Cl)c1. The van der Waals surface area contributed by atoms with Gasteiger partial charge in [0.1, 0.15) is 17.7 Å². The second-order valence-electron chi connectivity index (χ2n) is 6.74. The number of fused-ring (bicyclic) bond motifs is 3. The number of aromatic amines is 1. The van der Waals surface area contributed by atoms with Gasteiger partial charge >= 0.3 is 0 Å². The summed E-state index contributed by atoms with van der Waals surface area (Å²) in [5.74, 6) is 1.86. The van der Waals surface area contributed by atoms with Gasteiger partial charge < -0.3 is 10.3 Å². The van der Waals surface area contributed by atoms with Crippen LogP contribution in [-0.2, 0) is 0 Å². The minimum Gasteiger partial charge on any atom is -0.366 e. The summed E-state index contributed by atoms with van der Waals surface area (Å²) in [6, 6.07) is 5.91. The lowest BCUT2D eigenvalue weighted by molar-refractivity contribution is 0.651. The predicted octanol–water partition coefficient (Wildman–Crippen LogP) is 3.27. The van der Waals surface area contributed by atoms with E-state index in [1.54, 1.807) is 12.3 Å². The normalized spacial score (nSPS) is 19.6. The second-order valence-corrected chi connectivity index (χ2v) is 7.15. The van der Waals surface area contributed by atoms with Crippen molar-refractivity contribution in [1.29, 1.82) is 5.26 Å². The summed E-state index contributed by atoms with van der Waals surface area (Å²) in [5, 5.41) is 21.5. The number of nitriles is 1. The number of halogens is 1. The van der Waals surface area contributed by atoms with Gasteiger partial charge in [-0.2, -0.15) is 5.26 Å². The van der Waals surface area contributed by atoms with Crippen LogP contribution in [0.25, 0.3) is 16.8 Å². The van der Waals surface area contributed by atoms with Crippen molar-refractivity contribution in [3.05, 3.63) is 47.1 Å². The lowest BCUT2D eigenvalue weighted by atomic mass is 10.1. The zero-order valence-electron chi connectivity index (χ0n) is 14.2. The van der Waals surface area contributed by atoms with Crippen molar-refractivity contribution in [1.82, 2.24) is 29.5 Å². The Balaban J connectivity index is 1.41. The van der Waals surface area contributed by atoms with Crippen LogP contribution in [0.4, 0.5) is 5.82 Å². The molecule has 0 bridgehead atoms. The maximum atomic E-state index is 8.93. The molecular formula is C18H15ClN8. The van der Waals surface area contributed by atoms with Crippen LogP contribution in [0.1, 0.15) is 36.6 Å². The van der Waals surface area contributed by atoms with Gasteiger partial charge in [0.05, 0.1) is 22.3 Å². The average molecular weight is 379 g/mol. The van der Waals surface area contributed by atoms with Crippen LogP contribution >= 0.6 is 11.6 Å². The van der Waals surface area contributed by atoms with Gasteiger partial charge in [0.2, 0.25) is 0 Å². The minimum atomic E-state index is 0.240. The first-order valence-electron chi connectivity index (χ1n) is 8.72. The van der Waals surface area contributed by atoms with Crippen LogP contribution in [0.2, 0.25) is 5.02 Å². The van der Waals surface area contributed by atoms with E-state index in [2.05, 4.69) is 34.9 Å². The average Bonchev–Trinajstić information content (AvgIpc) is 3.41. The van der Waals surface area contributed by atoms with Gasteiger partial charge in [0.15, 0.2) is 11.3 Å². The standard InChI is InChI=1S/C18H15ClN8/c19-13-5-10(7-20)8-22-16(13)24-12-2-1-11(6-12)18-26-25-15-9-23-17-14(27(15)18)3-4-21-17/h3-5,8-9,11-12,21H,1-2,6H2,(H,22,24)/t11-,12+/m1/s1. The molecule has 0 spiro atoms. The van der Waals surface area contributed by atoms with Gasteiger partial charge in [-0.25, -0.2) is 9.97 Å². The van der Waals surface area contributed by atoms with Crippen LogP contribution in [0.5, 0.6) is 0 Å². The molecule has 4 heterocycles. The maximum absolute atomic E-state index is 8.93. The number of aromatic nitrogens is 6. The third-order valence-corrected chi connectivity index (χ3v) is 5.36. The monoisotopic (exact) mass is 378 g/mol. The van der Waals surface area contributed by atoms with Crippen molar-refractivity contribution in [2.24, 2.45) is 0 Å². The van der Waals surface area contributed by atoms with Crippen molar-refractivity contribution in [2.45, 2.75) is 31.2 Å². The minimum absolute atomic E-state index is 0.240. The first-order valence-corrected chi connectivity index (χ1v) is 9.10. The molecule has 1 saturated carbocycles. The molecule has 2 atom stereocenters. The van der Waals surface area contributed by atoms with Crippen molar-refractivity contribution in [2.75, 3.05) is 5.32 Å². The van der Waals surface area contributed by atoms with Gasteiger partial charge in [-0.1, -0.05) is 11.6 Å². The molecule has 1 fully saturated rings. The summed E-state index contributed by atoms with van der Waals surface area (Å²) in [5.41, 5.74) is 3.02. The summed E-state index contributed by atoms with van der Waals surface area (Å²) in [7, 11) is 0. The molecule has 5 rings (SSSR count). The van der Waals surface area contributed by atoms with Crippen molar-refractivity contribution >= 4 is 34.2 Å². The largest absolute Gasteiger partial charge is 0.366 e. The van der Waals surface area contributed by atoms with Crippen LogP contribution in [0, 0.1) is 11.3 Å². The van der Waals surface area contributed by atoms with E-state index in [0.29, 0.717) is 16.4 Å². The smallest absolute Gasteiger partial charge is 0.179 e. The molecule has 9 heteroatoms. The van der Waals surface area contributed by atoms with E-state index in [-0.39, 0.29) is 12.0 Å². The third-order valence-electron chi connectivity index (χ3n) is 5.08. The quantitative estimate of drug-likeness (QED) is 0.566. The zero-order valence-corrected chi connectivity index (χ0v) is 15.0. The zero-order chi connectivity index (χ0) is 18.4. The Kier molecular flexibility index (Phi) is 3.69. The van der Waals surface area contributed by atoms with E-state index < -0.39 is 0 Å². The van der Waals surface area contributed by atoms with Crippen LogP contribution in [0.15, 0.2) is 30.7 Å². The first kappa shape index (κ1) is 16.0. The van der Waals surface area contributed by atoms with Gasteiger partial charge in [-0.3, -0.25) is 4.40 Å². The molecule has 4 aromatic heterocycles. The fourth-order valence-electron chi connectivity index (χ4n) is 3.81. The highest BCUT2D eigenvalue weighted by molar-refractivity contribution is 6.33. The molecule has 27 heavy (non-hydrogen) atoms. The maximum Gasteiger partial charge on any atom is 0.179 e. The summed E-state index contributed by atoms with van der Waals surface area (Å²) in [6.07, 6.45) is 8.04. The van der Waals surface area contributed by atoms with Gasteiger partial charge in [-0.05, 0) is 31.4 Å². The van der Waals surface area contributed by atoms with E-state index in [0.717, 1.165) is 41.9 Å². The molecule has 1 aliphatic carbocycles. The highest BCUT2D eigenvalue weighted by Crippen LogP contribution is 2.36. The molecule has 0 saturated heterocycles. The number of hydrogen-bond acceptors (Lipinski definition) is 6. The van der Waals surface area contributed by atoms with Crippen LogP contribution < -0.4 is 5.32 Å². The van der Waals surface area contributed by atoms with Gasteiger partial charge in [0.25, 0.3) is 0 Å². The predicted molar refractivity (Wildman–Crippen MR) is 101 cm³/mol. The summed E-state index contributed by atoms with van der Waals surface area (Å²) in [4.78, 5) is 11.8. The van der Waals surface area contributed by atoms with Crippen molar-refractivity contribution in [3.8, 4) is 6.07 Å². The summed E-state index contributed by atoms with van der Waals surface area (Å²) < 4.78 is 2.08. The lowest BCUT2D eigenvalue weighted by Gasteiger charge is -2.14. The molecule has 0 aromatic carbocycles. The molecule has 8 nitrogen and oxygen atoms in total. The fourth-order valence-corrected chi connectivity index (χ4v) is 4.03. The molecular weight excluding hydrogens is 364 g/mol. The Morgan fingerprint density at radius 3 is 3.04 bits per heavy atom.